The Bertz CT molecular complexity index is 744. The Morgan fingerprint density at radius 1 is 1.12 bits per heavy atom. The van der Waals surface area contributed by atoms with E-state index in [-0.39, 0.29) is 24.3 Å². The summed E-state index contributed by atoms with van der Waals surface area (Å²) in [4.78, 5) is 13.8. The summed E-state index contributed by atoms with van der Waals surface area (Å²) >= 11 is 0. The predicted octanol–water partition coefficient (Wildman–Crippen LogP) is 4.31. The molecule has 0 saturated heterocycles. The summed E-state index contributed by atoms with van der Waals surface area (Å²) in [7, 11) is 3.19. The molecule has 0 aliphatic rings. The lowest BCUT2D eigenvalue weighted by molar-refractivity contribution is -0.137. The van der Waals surface area contributed by atoms with E-state index in [1.54, 1.807) is 26.3 Å². The van der Waals surface area contributed by atoms with Crippen LogP contribution in [0.25, 0.3) is 0 Å². The molecule has 140 valence electrons. The number of likely N-dealkylation sites (N-methyl/N-ethyl adjacent to an activating group) is 1. The van der Waals surface area contributed by atoms with Crippen molar-refractivity contribution in [3.8, 4) is 11.5 Å². The van der Waals surface area contributed by atoms with Crippen LogP contribution in [-0.4, -0.2) is 31.6 Å². The number of nitrogens with zero attached hydrogens (tertiary/aromatic N) is 1. The highest BCUT2D eigenvalue weighted by Gasteiger charge is 2.30. The van der Waals surface area contributed by atoms with E-state index in [9.17, 15) is 18.0 Å². The van der Waals surface area contributed by atoms with E-state index < -0.39 is 11.7 Å². The smallest absolute Gasteiger partial charge is 0.416 e. The van der Waals surface area contributed by atoms with Crippen LogP contribution in [0.3, 0.4) is 0 Å². The third-order valence-corrected chi connectivity index (χ3v) is 4.10. The maximum Gasteiger partial charge on any atom is 0.416 e. The molecule has 1 amide bonds. The average molecular weight is 367 g/mol. The molecular formula is C19H20F3NO3. The zero-order valence-electron chi connectivity index (χ0n) is 14.7. The average Bonchev–Trinajstić information content (AvgIpc) is 2.64. The first-order valence-electron chi connectivity index (χ1n) is 7.92. The van der Waals surface area contributed by atoms with Crippen molar-refractivity contribution in [3.05, 3.63) is 59.7 Å². The van der Waals surface area contributed by atoms with Crippen molar-refractivity contribution in [2.75, 3.05) is 20.8 Å². The molecule has 0 spiro atoms. The van der Waals surface area contributed by atoms with E-state index in [1.807, 2.05) is 19.1 Å². The molecule has 0 fully saturated rings. The molecular weight excluding hydrogens is 347 g/mol. The van der Waals surface area contributed by atoms with Crippen molar-refractivity contribution in [2.24, 2.45) is 0 Å². The predicted molar refractivity (Wildman–Crippen MR) is 91.1 cm³/mol. The third kappa shape index (κ3) is 4.91. The molecule has 0 bridgehead atoms. The summed E-state index contributed by atoms with van der Waals surface area (Å²) in [6.07, 6.45) is -4.46. The van der Waals surface area contributed by atoms with E-state index in [2.05, 4.69) is 0 Å². The largest absolute Gasteiger partial charge is 0.497 e. The van der Waals surface area contributed by atoms with Crippen molar-refractivity contribution in [1.82, 2.24) is 4.90 Å². The first-order chi connectivity index (χ1) is 12.2. The molecule has 0 saturated carbocycles. The minimum Gasteiger partial charge on any atom is -0.497 e. The summed E-state index contributed by atoms with van der Waals surface area (Å²) in [5, 5.41) is 0. The Balaban J connectivity index is 1.98. The summed E-state index contributed by atoms with van der Waals surface area (Å²) in [6, 6.07) is 11.5. The number of halogens is 3. The summed E-state index contributed by atoms with van der Waals surface area (Å²) in [6.45, 7) is 1.50. The highest BCUT2D eigenvalue weighted by Crippen LogP contribution is 2.31. The molecule has 2 aromatic carbocycles. The van der Waals surface area contributed by atoms with Crippen molar-refractivity contribution < 1.29 is 27.4 Å². The maximum atomic E-state index is 12.7. The summed E-state index contributed by atoms with van der Waals surface area (Å²) in [5.74, 6) is 0.368. The lowest BCUT2D eigenvalue weighted by atomic mass is 10.1. The summed E-state index contributed by atoms with van der Waals surface area (Å²) < 4.78 is 48.4. The van der Waals surface area contributed by atoms with Gasteiger partial charge in [-0.3, -0.25) is 4.79 Å². The number of hydrogen-bond donors (Lipinski definition) is 0. The van der Waals surface area contributed by atoms with Gasteiger partial charge in [0.1, 0.15) is 11.5 Å². The van der Waals surface area contributed by atoms with Crippen LogP contribution in [0.4, 0.5) is 13.2 Å². The van der Waals surface area contributed by atoms with Crippen LogP contribution in [0.1, 0.15) is 24.1 Å². The van der Waals surface area contributed by atoms with Gasteiger partial charge in [-0.15, -0.1) is 0 Å². The van der Waals surface area contributed by atoms with Crippen LogP contribution >= 0.6 is 0 Å². The minimum absolute atomic E-state index is 0.00123. The maximum absolute atomic E-state index is 12.7. The van der Waals surface area contributed by atoms with Gasteiger partial charge < -0.3 is 14.4 Å². The second-order valence-corrected chi connectivity index (χ2v) is 5.77. The second-order valence-electron chi connectivity index (χ2n) is 5.77. The van der Waals surface area contributed by atoms with Gasteiger partial charge >= 0.3 is 6.18 Å². The fraction of sp³-hybridized carbons (Fsp3) is 0.316. The number of hydrogen-bond acceptors (Lipinski definition) is 3. The number of methoxy groups -OCH3 is 1. The van der Waals surface area contributed by atoms with E-state index in [4.69, 9.17) is 9.47 Å². The second kappa shape index (κ2) is 8.12. The SMILES string of the molecule is COc1ccc(C(C)N(C)C(=O)COc2cccc(C(F)(F)F)c2)cc1. The molecule has 0 N–H and O–H groups in total. The van der Waals surface area contributed by atoms with Gasteiger partial charge in [-0.05, 0) is 42.8 Å². The standard InChI is InChI=1S/C19H20F3NO3/c1-13(14-7-9-16(25-3)10-8-14)23(2)18(24)12-26-17-6-4-5-15(11-17)19(20,21)22/h4-11,13H,12H2,1-3H3. The van der Waals surface area contributed by atoms with Gasteiger partial charge in [-0.25, -0.2) is 0 Å². The molecule has 1 unspecified atom stereocenters. The van der Waals surface area contributed by atoms with Gasteiger partial charge in [0.25, 0.3) is 5.91 Å². The molecule has 0 aliphatic carbocycles. The molecule has 0 aromatic heterocycles. The number of rotatable bonds is 6. The fourth-order valence-corrected chi connectivity index (χ4v) is 2.33. The van der Waals surface area contributed by atoms with Crippen molar-refractivity contribution >= 4 is 5.91 Å². The normalized spacial score (nSPS) is 12.4. The Morgan fingerprint density at radius 3 is 2.35 bits per heavy atom. The molecule has 1 atom stereocenters. The first kappa shape index (κ1) is 19.6. The van der Waals surface area contributed by atoms with E-state index >= 15 is 0 Å². The molecule has 2 rings (SSSR count). The Kier molecular flexibility index (Phi) is 6.13. The Hall–Kier alpha value is -2.70. The first-order valence-corrected chi connectivity index (χ1v) is 7.92. The van der Waals surface area contributed by atoms with Crippen LogP contribution in [-0.2, 0) is 11.0 Å². The van der Waals surface area contributed by atoms with Gasteiger partial charge in [-0.2, -0.15) is 13.2 Å². The monoisotopic (exact) mass is 367 g/mol. The topological polar surface area (TPSA) is 38.8 Å². The molecule has 4 nitrogen and oxygen atoms in total. The quantitative estimate of drug-likeness (QED) is 0.764. The van der Waals surface area contributed by atoms with E-state index in [0.29, 0.717) is 5.75 Å². The molecule has 0 heterocycles. The van der Waals surface area contributed by atoms with E-state index in [0.717, 1.165) is 17.7 Å². The van der Waals surface area contributed by atoms with Crippen LogP contribution in [0, 0.1) is 0 Å². The highest BCUT2D eigenvalue weighted by atomic mass is 19.4. The lowest BCUT2D eigenvalue weighted by Gasteiger charge is -2.25. The van der Waals surface area contributed by atoms with Gasteiger partial charge in [0, 0.05) is 7.05 Å². The fourth-order valence-electron chi connectivity index (χ4n) is 2.33. The van der Waals surface area contributed by atoms with E-state index in [1.165, 1.54) is 17.0 Å². The highest BCUT2D eigenvalue weighted by molar-refractivity contribution is 5.78. The summed E-state index contributed by atoms with van der Waals surface area (Å²) in [5.41, 5.74) is 0.0862. The third-order valence-electron chi connectivity index (χ3n) is 4.10. The molecule has 2 aromatic rings. The van der Waals surface area contributed by atoms with Gasteiger partial charge in [-0.1, -0.05) is 18.2 Å². The van der Waals surface area contributed by atoms with Gasteiger partial charge in [0.2, 0.25) is 0 Å². The van der Waals surface area contributed by atoms with Gasteiger partial charge in [0.05, 0.1) is 18.7 Å². The number of carbonyl (C=O) groups is 1. The Labute approximate surface area is 150 Å². The number of alkyl halides is 3. The van der Waals surface area contributed by atoms with Crippen LogP contribution < -0.4 is 9.47 Å². The van der Waals surface area contributed by atoms with Crippen molar-refractivity contribution in [2.45, 2.75) is 19.1 Å². The van der Waals surface area contributed by atoms with Crippen LogP contribution in [0.5, 0.6) is 11.5 Å². The van der Waals surface area contributed by atoms with Crippen LogP contribution in [0.15, 0.2) is 48.5 Å². The van der Waals surface area contributed by atoms with Crippen molar-refractivity contribution in [1.29, 1.82) is 0 Å². The zero-order chi connectivity index (χ0) is 19.3. The lowest BCUT2D eigenvalue weighted by Crippen LogP contribution is -2.33. The zero-order valence-corrected chi connectivity index (χ0v) is 14.7. The van der Waals surface area contributed by atoms with Crippen LogP contribution in [0.2, 0.25) is 0 Å². The molecule has 0 radical (unpaired) electrons. The molecule has 26 heavy (non-hydrogen) atoms. The van der Waals surface area contributed by atoms with Gasteiger partial charge in [0.15, 0.2) is 6.61 Å². The number of benzene rings is 2. The number of ether oxygens (including phenoxy) is 2. The Morgan fingerprint density at radius 2 is 1.77 bits per heavy atom. The van der Waals surface area contributed by atoms with Crippen molar-refractivity contribution in [3.63, 3.8) is 0 Å². The number of carbonyl (C=O) groups excluding carboxylic acids is 1. The molecule has 7 heteroatoms. The number of amides is 1. The molecule has 0 aliphatic heterocycles. The minimum atomic E-state index is -4.46.